The number of hydrogen-bond donors (Lipinski definition) is 1. The minimum absolute atomic E-state index is 0.844. The van der Waals surface area contributed by atoms with Crippen molar-refractivity contribution in [2.45, 2.75) is 26.4 Å². The molecular weight excluding hydrogens is 340 g/mol. The van der Waals surface area contributed by atoms with Gasteiger partial charge in [0.15, 0.2) is 5.82 Å². The van der Waals surface area contributed by atoms with Crippen molar-refractivity contribution in [2.75, 3.05) is 6.54 Å². The molecule has 136 valence electrons. The maximum atomic E-state index is 4.78. The van der Waals surface area contributed by atoms with Gasteiger partial charge >= 0.3 is 0 Å². The highest BCUT2D eigenvalue weighted by Gasteiger charge is 2.18. The molecule has 0 bridgehead atoms. The zero-order valence-corrected chi connectivity index (χ0v) is 15.1. The van der Waals surface area contributed by atoms with Crippen LogP contribution < -0.4 is 5.32 Å². The smallest absolute Gasteiger partial charge is 0.165 e. The second-order valence-corrected chi connectivity index (χ2v) is 6.58. The van der Waals surface area contributed by atoms with Gasteiger partial charge < -0.3 is 5.32 Å². The Balaban J connectivity index is 1.63. The first-order valence-electron chi connectivity index (χ1n) is 9.13. The van der Waals surface area contributed by atoms with Crippen LogP contribution in [0.4, 0.5) is 0 Å². The summed E-state index contributed by atoms with van der Waals surface area (Å²) in [5.74, 6) is 0.854. The van der Waals surface area contributed by atoms with Gasteiger partial charge in [0, 0.05) is 25.5 Å². The molecule has 0 saturated heterocycles. The Morgan fingerprint density at radius 1 is 1.15 bits per heavy atom. The van der Waals surface area contributed by atoms with Crippen LogP contribution in [0.2, 0.25) is 0 Å². The van der Waals surface area contributed by atoms with E-state index in [0.717, 1.165) is 48.9 Å². The summed E-state index contributed by atoms with van der Waals surface area (Å²) in [4.78, 5) is 4.61. The molecule has 4 aromatic rings. The molecule has 1 N–H and O–H groups in total. The van der Waals surface area contributed by atoms with E-state index in [4.69, 9.17) is 5.10 Å². The van der Waals surface area contributed by atoms with Crippen LogP contribution in [-0.2, 0) is 19.5 Å². The van der Waals surface area contributed by atoms with Crippen molar-refractivity contribution in [1.29, 1.82) is 0 Å². The molecule has 1 aromatic carbocycles. The van der Waals surface area contributed by atoms with Gasteiger partial charge in [-0.2, -0.15) is 5.10 Å². The van der Waals surface area contributed by atoms with Crippen LogP contribution in [0.3, 0.4) is 0 Å². The molecule has 0 atom stereocenters. The molecule has 0 spiro atoms. The Labute approximate surface area is 156 Å². The summed E-state index contributed by atoms with van der Waals surface area (Å²) in [6, 6.07) is 8.50. The van der Waals surface area contributed by atoms with Gasteiger partial charge in [-0.1, -0.05) is 13.0 Å². The summed E-state index contributed by atoms with van der Waals surface area (Å²) >= 11 is 0. The predicted molar refractivity (Wildman–Crippen MR) is 101 cm³/mol. The number of fused-ring (bicyclic) bond motifs is 1. The second-order valence-electron chi connectivity index (χ2n) is 6.58. The van der Waals surface area contributed by atoms with Gasteiger partial charge in [-0.25, -0.2) is 4.98 Å². The van der Waals surface area contributed by atoms with Gasteiger partial charge in [-0.3, -0.25) is 13.8 Å². The van der Waals surface area contributed by atoms with E-state index < -0.39 is 0 Å². The van der Waals surface area contributed by atoms with Crippen LogP contribution in [0.15, 0.2) is 49.3 Å². The van der Waals surface area contributed by atoms with Gasteiger partial charge in [0.2, 0.25) is 0 Å². The molecule has 0 fully saturated rings. The van der Waals surface area contributed by atoms with Crippen molar-refractivity contribution >= 4 is 0 Å². The van der Waals surface area contributed by atoms with E-state index in [1.54, 1.807) is 12.7 Å². The van der Waals surface area contributed by atoms with Crippen molar-refractivity contribution in [2.24, 2.45) is 0 Å². The first-order valence-corrected chi connectivity index (χ1v) is 9.13. The van der Waals surface area contributed by atoms with Crippen LogP contribution in [0.5, 0.6) is 0 Å². The lowest BCUT2D eigenvalue weighted by atomic mass is 10.1. The number of aryl methyl sites for hydroxylation is 1. The SMILES string of the molecule is CCc1ccc(-n2cnnc2)cc1-n1ccnc1-c1cc2n(n1)CCNC2. The molecule has 1 aliphatic rings. The Hall–Kier alpha value is -3.26. The number of imidazole rings is 1. The zero-order valence-electron chi connectivity index (χ0n) is 15.1. The molecule has 4 heterocycles. The average Bonchev–Trinajstić information content (AvgIpc) is 3.47. The van der Waals surface area contributed by atoms with Crippen molar-refractivity contribution in [1.82, 2.24) is 39.4 Å². The van der Waals surface area contributed by atoms with Crippen LogP contribution >= 0.6 is 0 Å². The van der Waals surface area contributed by atoms with Crippen LogP contribution in [0.25, 0.3) is 22.9 Å². The molecule has 8 heteroatoms. The van der Waals surface area contributed by atoms with E-state index in [-0.39, 0.29) is 0 Å². The van der Waals surface area contributed by atoms with Crippen molar-refractivity contribution < 1.29 is 0 Å². The Kier molecular flexibility index (Phi) is 3.83. The fourth-order valence-electron chi connectivity index (χ4n) is 3.56. The van der Waals surface area contributed by atoms with E-state index in [2.05, 4.69) is 60.9 Å². The molecule has 27 heavy (non-hydrogen) atoms. The summed E-state index contributed by atoms with van der Waals surface area (Å²) in [6.45, 7) is 4.84. The van der Waals surface area contributed by atoms with Crippen molar-refractivity contribution in [3.05, 3.63) is 60.6 Å². The van der Waals surface area contributed by atoms with E-state index in [0.29, 0.717) is 0 Å². The number of nitrogens with one attached hydrogen (secondary N) is 1. The highest BCUT2D eigenvalue weighted by molar-refractivity contribution is 5.58. The van der Waals surface area contributed by atoms with Crippen LogP contribution in [0.1, 0.15) is 18.2 Å². The van der Waals surface area contributed by atoms with Gasteiger partial charge in [-0.15, -0.1) is 10.2 Å². The van der Waals surface area contributed by atoms with Crippen LogP contribution in [0, 0.1) is 0 Å². The molecule has 0 radical (unpaired) electrons. The van der Waals surface area contributed by atoms with Gasteiger partial charge in [-0.05, 0) is 30.2 Å². The first-order chi connectivity index (χ1) is 13.3. The lowest BCUT2D eigenvalue weighted by Gasteiger charge is -2.14. The zero-order chi connectivity index (χ0) is 18.2. The number of nitrogens with zero attached hydrogens (tertiary/aromatic N) is 7. The Bertz CT molecular complexity index is 1050. The molecule has 1 aliphatic heterocycles. The first kappa shape index (κ1) is 16.0. The van der Waals surface area contributed by atoms with E-state index in [9.17, 15) is 0 Å². The fourth-order valence-corrected chi connectivity index (χ4v) is 3.56. The normalized spacial score (nSPS) is 13.7. The number of hydrogen-bond acceptors (Lipinski definition) is 5. The summed E-state index contributed by atoms with van der Waals surface area (Å²) in [6.07, 6.45) is 8.16. The number of aromatic nitrogens is 7. The standard InChI is InChI=1S/C19H20N8/c1-2-14-3-4-15(25-12-22-23-13-25)10-18(14)26-7-6-21-19(26)17-9-16-11-20-5-8-27(16)24-17/h3-4,6-7,9-10,12-13,20H,2,5,8,11H2,1H3. The minimum atomic E-state index is 0.844. The minimum Gasteiger partial charge on any atom is -0.309 e. The Morgan fingerprint density at radius 3 is 2.85 bits per heavy atom. The highest BCUT2D eigenvalue weighted by atomic mass is 15.3. The van der Waals surface area contributed by atoms with Crippen molar-refractivity contribution in [3.8, 4) is 22.9 Å². The summed E-state index contributed by atoms with van der Waals surface area (Å²) in [5, 5.41) is 16.0. The molecule has 5 rings (SSSR count). The van der Waals surface area contributed by atoms with Crippen LogP contribution in [-0.4, -0.2) is 40.6 Å². The largest absolute Gasteiger partial charge is 0.309 e. The quantitative estimate of drug-likeness (QED) is 0.602. The van der Waals surface area contributed by atoms with E-state index in [1.807, 2.05) is 17.0 Å². The topological polar surface area (TPSA) is 78.4 Å². The highest BCUT2D eigenvalue weighted by Crippen LogP contribution is 2.26. The monoisotopic (exact) mass is 360 g/mol. The molecule has 0 amide bonds. The fraction of sp³-hybridized carbons (Fsp3) is 0.263. The van der Waals surface area contributed by atoms with E-state index >= 15 is 0 Å². The third-order valence-electron chi connectivity index (χ3n) is 4.97. The third kappa shape index (κ3) is 2.74. The lowest BCUT2D eigenvalue weighted by Crippen LogP contribution is -2.28. The van der Waals surface area contributed by atoms with Crippen molar-refractivity contribution in [3.63, 3.8) is 0 Å². The summed E-state index contributed by atoms with van der Waals surface area (Å²) < 4.78 is 6.09. The molecule has 3 aromatic heterocycles. The molecular formula is C19H20N8. The maximum Gasteiger partial charge on any atom is 0.165 e. The molecule has 0 aliphatic carbocycles. The second kappa shape index (κ2) is 6.48. The predicted octanol–water partition coefficient (Wildman–Crippen LogP) is 1.98. The summed E-state index contributed by atoms with van der Waals surface area (Å²) in [5.41, 5.74) is 5.45. The van der Waals surface area contributed by atoms with E-state index in [1.165, 1.54) is 11.3 Å². The summed E-state index contributed by atoms with van der Waals surface area (Å²) in [7, 11) is 0. The maximum absolute atomic E-state index is 4.78. The van der Waals surface area contributed by atoms with Gasteiger partial charge in [0.25, 0.3) is 0 Å². The lowest BCUT2D eigenvalue weighted by molar-refractivity contribution is 0.476. The molecule has 0 unspecified atom stereocenters. The third-order valence-corrected chi connectivity index (χ3v) is 4.97. The Morgan fingerprint density at radius 2 is 2.04 bits per heavy atom. The van der Waals surface area contributed by atoms with Gasteiger partial charge in [0.1, 0.15) is 18.3 Å². The molecule has 0 saturated carbocycles. The average molecular weight is 360 g/mol. The number of benzene rings is 1. The van der Waals surface area contributed by atoms with Gasteiger partial charge in [0.05, 0.1) is 23.6 Å². The number of rotatable bonds is 4. The molecule has 8 nitrogen and oxygen atoms in total.